The summed E-state index contributed by atoms with van der Waals surface area (Å²) >= 11 is 0. The van der Waals surface area contributed by atoms with Crippen LogP contribution in [-0.2, 0) is 9.31 Å². The third kappa shape index (κ3) is 9.84. The predicted octanol–water partition coefficient (Wildman–Crippen LogP) is 3.06. The van der Waals surface area contributed by atoms with E-state index in [0.717, 1.165) is 12.8 Å². The van der Waals surface area contributed by atoms with E-state index in [1.165, 1.54) is 6.42 Å². The number of rotatable bonds is 6. The second-order valence-electron chi connectivity index (χ2n) is 4.13. The van der Waals surface area contributed by atoms with Crippen LogP contribution in [-0.4, -0.2) is 19.3 Å². The van der Waals surface area contributed by atoms with Crippen LogP contribution >= 0.6 is 0 Å². The lowest BCUT2D eigenvalue weighted by atomic mass is 9.90. The van der Waals surface area contributed by atoms with Crippen molar-refractivity contribution >= 4 is 7.12 Å². The van der Waals surface area contributed by atoms with Gasteiger partial charge in [0.1, 0.15) is 0 Å². The molecule has 0 amide bonds. The van der Waals surface area contributed by atoms with Crippen molar-refractivity contribution in [3.05, 3.63) is 0 Å². The van der Waals surface area contributed by atoms with Crippen molar-refractivity contribution in [1.29, 1.82) is 0 Å². The van der Waals surface area contributed by atoms with Crippen molar-refractivity contribution in [3.63, 3.8) is 0 Å². The predicted molar refractivity (Wildman–Crippen MR) is 65.5 cm³/mol. The van der Waals surface area contributed by atoms with Crippen LogP contribution in [0.1, 0.15) is 53.9 Å². The van der Waals surface area contributed by atoms with E-state index >= 15 is 0 Å². The topological polar surface area (TPSA) is 18.5 Å². The lowest BCUT2D eigenvalue weighted by molar-refractivity contribution is 0.140. The first-order valence-corrected chi connectivity index (χ1v) is 5.85. The van der Waals surface area contributed by atoms with Crippen LogP contribution < -0.4 is 0 Å². The Morgan fingerprint density at radius 3 is 2.00 bits per heavy atom. The van der Waals surface area contributed by atoms with Gasteiger partial charge in [0.25, 0.3) is 0 Å². The molecule has 0 bridgehead atoms. The Bertz CT molecular complexity index is 193. The van der Waals surface area contributed by atoms with Crippen molar-refractivity contribution in [2.75, 3.05) is 0 Å². The Hall–Kier alpha value is -0.455. The lowest BCUT2D eigenvalue weighted by Crippen LogP contribution is -2.28. The van der Waals surface area contributed by atoms with Gasteiger partial charge in [0.15, 0.2) is 0 Å². The maximum Gasteiger partial charge on any atom is 0.550 e. The molecule has 0 aliphatic carbocycles. The Morgan fingerprint density at radius 2 is 1.60 bits per heavy atom. The molecule has 0 saturated carbocycles. The van der Waals surface area contributed by atoms with Crippen LogP contribution in [0, 0.1) is 11.7 Å². The summed E-state index contributed by atoms with van der Waals surface area (Å²) in [5.74, 6) is 6.12. The highest BCUT2D eigenvalue weighted by molar-refractivity contribution is 6.54. The van der Waals surface area contributed by atoms with Gasteiger partial charge in [-0.3, -0.25) is 0 Å². The quantitative estimate of drug-likeness (QED) is 0.381. The third-order valence-corrected chi connectivity index (χ3v) is 1.67. The molecular formula is C12H23BO2. The maximum atomic E-state index is 5.55. The summed E-state index contributed by atoms with van der Waals surface area (Å²) in [5, 5.41) is 0. The molecule has 15 heavy (non-hydrogen) atoms. The highest BCUT2D eigenvalue weighted by Crippen LogP contribution is 1.99. The fourth-order valence-corrected chi connectivity index (χ4v) is 1.02. The Labute approximate surface area is 94.9 Å². The van der Waals surface area contributed by atoms with Crippen LogP contribution in [0.25, 0.3) is 0 Å². The Balaban J connectivity index is 4.02. The SMILES string of the molecule is CCCCC#CB(OC(C)C)OC(C)C. The van der Waals surface area contributed by atoms with Gasteiger partial charge in [0, 0.05) is 18.6 Å². The standard InChI is InChI=1S/C12H23BO2/c1-6-7-8-9-10-13(14-11(2)3)15-12(4)5/h11-12H,6-8H2,1-5H3. The van der Waals surface area contributed by atoms with E-state index in [2.05, 4.69) is 18.7 Å². The zero-order valence-electron chi connectivity index (χ0n) is 10.7. The number of hydrogen-bond donors (Lipinski definition) is 0. The van der Waals surface area contributed by atoms with E-state index in [9.17, 15) is 0 Å². The molecule has 0 aromatic carbocycles. The van der Waals surface area contributed by atoms with Gasteiger partial charge in [0.05, 0.1) is 0 Å². The van der Waals surface area contributed by atoms with Crippen molar-refractivity contribution in [2.45, 2.75) is 66.1 Å². The van der Waals surface area contributed by atoms with Gasteiger partial charge in [-0.1, -0.05) is 19.2 Å². The zero-order valence-corrected chi connectivity index (χ0v) is 10.7. The highest BCUT2D eigenvalue weighted by atomic mass is 16.6. The zero-order chi connectivity index (χ0) is 11.7. The molecule has 2 nitrogen and oxygen atoms in total. The minimum atomic E-state index is -0.373. The van der Waals surface area contributed by atoms with E-state index in [1.807, 2.05) is 27.7 Å². The Morgan fingerprint density at radius 1 is 1.07 bits per heavy atom. The lowest BCUT2D eigenvalue weighted by Gasteiger charge is -2.14. The largest absolute Gasteiger partial charge is 0.550 e. The van der Waals surface area contributed by atoms with E-state index in [-0.39, 0.29) is 19.3 Å². The van der Waals surface area contributed by atoms with Crippen molar-refractivity contribution in [3.8, 4) is 11.7 Å². The van der Waals surface area contributed by atoms with Gasteiger partial charge in [-0.05, 0) is 34.1 Å². The minimum Gasteiger partial charge on any atom is -0.398 e. The van der Waals surface area contributed by atoms with Crippen LogP contribution in [0.15, 0.2) is 0 Å². The van der Waals surface area contributed by atoms with Crippen LogP contribution in [0.2, 0.25) is 0 Å². The molecule has 0 fully saturated rings. The van der Waals surface area contributed by atoms with Gasteiger partial charge in [-0.2, -0.15) is 0 Å². The molecule has 0 atom stereocenters. The molecule has 0 radical (unpaired) electrons. The summed E-state index contributed by atoms with van der Waals surface area (Å²) in [6.07, 6.45) is 3.54. The molecular weight excluding hydrogens is 187 g/mol. The normalized spacial score (nSPS) is 10.3. The Kier molecular flexibility index (Phi) is 8.55. The van der Waals surface area contributed by atoms with Crippen LogP contribution in [0.3, 0.4) is 0 Å². The molecule has 0 N–H and O–H groups in total. The summed E-state index contributed by atoms with van der Waals surface area (Å²) in [6.45, 7) is 10.1. The van der Waals surface area contributed by atoms with E-state index < -0.39 is 0 Å². The molecule has 0 rings (SSSR count). The van der Waals surface area contributed by atoms with Gasteiger partial charge in [-0.25, -0.2) is 0 Å². The highest BCUT2D eigenvalue weighted by Gasteiger charge is 2.18. The summed E-state index contributed by atoms with van der Waals surface area (Å²) in [4.78, 5) is 0. The number of unbranched alkanes of at least 4 members (excludes halogenated alkanes) is 2. The van der Waals surface area contributed by atoms with Crippen molar-refractivity contribution < 1.29 is 9.31 Å². The molecule has 86 valence electrons. The first-order valence-electron chi connectivity index (χ1n) is 5.85. The van der Waals surface area contributed by atoms with Gasteiger partial charge in [-0.15, -0.1) is 5.92 Å². The monoisotopic (exact) mass is 210 g/mol. The molecule has 0 heterocycles. The summed E-state index contributed by atoms with van der Waals surface area (Å²) in [5.41, 5.74) is 0. The summed E-state index contributed by atoms with van der Waals surface area (Å²) in [6, 6.07) is 0. The number of hydrogen-bond acceptors (Lipinski definition) is 2. The van der Waals surface area contributed by atoms with Gasteiger partial charge < -0.3 is 9.31 Å². The van der Waals surface area contributed by atoms with E-state index in [0.29, 0.717) is 0 Å². The summed E-state index contributed by atoms with van der Waals surface area (Å²) in [7, 11) is -0.373. The molecule has 0 unspecified atom stereocenters. The molecule has 0 saturated heterocycles. The van der Waals surface area contributed by atoms with Crippen molar-refractivity contribution in [2.24, 2.45) is 0 Å². The second-order valence-corrected chi connectivity index (χ2v) is 4.13. The van der Waals surface area contributed by atoms with Crippen molar-refractivity contribution in [1.82, 2.24) is 0 Å². The fraction of sp³-hybridized carbons (Fsp3) is 0.833. The third-order valence-electron chi connectivity index (χ3n) is 1.67. The van der Waals surface area contributed by atoms with E-state index in [4.69, 9.17) is 9.31 Å². The first-order chi connectivity index (χ1) is 7.06. The molecule has 0 aliphatic heterocycles. The molecule has 3 heteroatoms. The smallest absolute Gasteiger partial charge is 0.398 e. The minimum absolute atomic E-state index is 0.147. The summed E-state index contributed by atoms with van der Waals surface area (Å²) < 4.78 is 11.1. The average Bonchev–Trinajstić information content (AvgIpc) is 2.10. The first kappa shape index (κ1) is 14.5. The molecule has 0 aliphatic rings. The van der Waals surface area contributed by atoms with Gasteiger partial charge in [0.2, 0.25) is 0 Å². The molecule has 0 aromatic heterocycles. The molecule has 0 aromatic rings. The van der Waals surface area contributed by atoms with E-state index in [1.54, 1.807) is 0 Å². The van der Waals surface area contributed by atoms with Crippen LogP contribution in [0.4, 0.5) is 0 Å². The van der Waals surface area contributed by atoms with Gasteiger partial charge >= 0.3 is 7.12 Å². The van der Waals surface area contributed by atoms with Crippen LogP contribution in [0.5, 0.6) is 0 Å². The fourth-order valence-electron chi connectivity index (χ4n) is 1.02. The molecule has 0 spiro atoms. The maximum absolute atomic E-state index is 5.55. The average molecular weight is 210 g/mol. The second kappa shape index (κ2) is 8.82.